The van der Waals surface area contributed by atoms with Gasteiger partial charge in [0.1, 0.15) is 5.69 Å². The first kappa shape index (κ1) is 33.5. The first-order chi connectivity index (χ1) is 21.8. The number of benzene rings is 2. The monoisotopic (exact) mass is 634 g/mol. The van der Waals surface area contributed by atoms with Gasteiger partial charge in [0.15, 0.2) is 0 Å². The third kappa shape index (κ3) is 5.95. The van der Waals surface area contributed by atoms with Crippen molar-refractivity contribution in [2.45, 2.75) is 120 Å². The Kier molecular flexibility index (Phi) is 8.08. The molecule has 6 nitrogen and oxygen atoms in total. The third-order valence-corrected chi connectivity index (χ3v) is 10.9. The molecular formula is C41H58N6. The van der Waals surface area contributed by atoms with E-state index in [2.05, 4.69) is 169 Å². The lowest BCUT2D eigenvalue weighted by atomic mass is 9.65. The van der Waals surface area contributed by atoms with Crippen molar-refractivity contribution in [2.24, 2.45) is 39.6 Å². The first-order valence-electron chi connectivity index (χ1n) is 17.7. The Morgan fingerprint density at radius 2 is 1.40 bits per heavy atom. The van der Waals surface area contributed by atoms with Gasteiger partial charge in [0.25, 0.3) is 0 Å². The van der Waals surface area contributed by atoms with Gasteiger partial charge in [-0.25, -0.2) is 4.68 Å². The van der Waals surface area contributed by atoms with E-state index in [0.717, 1.165) is 35.7 Å². The van der Waals surface area contributed by atoms with Crippen LogP contribution in [-0.4, -0.2) is 26.2 Å². The van der Waals surface area contributed by atoms with Crippen LogP contribution in [0.25, 0.3) is 22.5 Å². The molecule has 7 rings (SSSR count). The smallest absolute Gasteiger partial charge is 0.121 e. The fourth-order valence-corrected chi connectivity index (χ4v) is 8.75. The summed E-state index contributed by atoms with van der Waals surface area (Å²) in [5.41, 5.74) is 15.2. The van der Waals surface area contributed by atoms with Gasteiger partial charge >= 0.3 is 0 Å². The maximum Gasteiger partial charge on any atom is 0.121 e. The van der Waals surface area contributed by atoms with Gasteiger partial charge in [-0.15, -0.1) is 5.10 Å². The Morgan fingerprint density at radius 1 is 0.766 bits per heavy atom. The fourth-order valence-electron chi connectivity index (χ4n) is 8.75. The molecule has 2 saturated carbocycles. The summed E-state index contributed by atoms with van der Waals surface area (Å²) in [6, 6.07) is 17.2. The van der Waals surface area contributed by atoms with Crippen molar-refractivity contribution in [1.82, 2.24) is 20.4 Å². The number of anilines is 1. The lowest BCUT2D eigenvalue weighted by Gasteiger charge is -2.42. The van der Waals surface area contributed by atoms with Crippen LogP contribution in [0.3, 0.4) is 0 Å². The molecule has 4 atom stereocenters. The molecule has 2 bridgehead atoms. The van der Waals surface area contributed by atoms with E-state index >= 15 is 0 Å². The summed E-state index contributed by atoms with van der Waals surface area (Å²) in [5, 5.41) is 13.9. The van der Waals surface area contributed by atoms with E-state index < -0.39 is 0 Å². The molecule has 4 unspecified atom stereocenters. The predicted molar refractivity (Wildman–Crippen MR) is 197 cm³/mol. The standard InChI is InChI=1S/C23H28N4.C18H30N2/c1-22(2,3)26-15-16-11-7-8-12-17(16)20-21(18-13-9-10-14-19(18)26)27(25-24-20)23(4,5)6;1-10-14-11-8-12(13(9-11)17(2,3)4)15(14)16(20-19-10)18(5,6)7/h7-14H,15H2,1-6H3;11-14,20H,8-9H2,1-7H3. The van der Waals surface area contributed by atoms with Crippen LogP contribution in [0.5, 0.6) is 0 Å². The summed E-state index contributed by atoms with van der Waals surface area (Å²) in [7, 11) is 0. The number of para-hydroxylation sites is 1. The summed E-state index contributed by atoms with van der Waals surface area (Å²) in [5.74, 6) is 3.08. The zero-order valence-electron chi connectivity index (χ0n) is 31.3. The molecule has 4 aliphatic rings. The largest absolute Gasteiger partial charge is 0.362 e. The number of hydrogen-bond donors (Lipinski definition) is 1. The first-order valence-corrected chi connectivity index (χ1v) is 17.7. The molecule has 252 valence electrons. The van der Waals surface area contributed by atoms with E-state index in [1.807, 2.05) is 0 Å². The maximum absolute atomic E-state index is 4.65. The normalized spacial score (nSPS) is 23.8. The number of hydrogen-bond acceptors (Lipinski definition) is 5. The number of rotatable bonds is 0. The van der Waals surface area contributed by atoms with Crippen LogP contribution in [0.15, 0.2) is 64.9 Å². The van der Waals surface area contributed by atoms with E-state index in [-0.39, 0.29) is 16.5 Å². The zero-order chi connectivity index (χ0) is 34.3. The van der Waals surface area contributed by atoms with Gasteiger partial charge in [0.2, 0.25) is 0 Å². The molecule has 0 spiro atoms. The van der Waals surface area contributed by atoms with Crippen molar-refractivity contribution in [2.75, 3.05) is 4.90 Å². The average Bonchev–Trinajstić information content (AvgIpc) is 3.68. The Bertz CT molecular complexity index is 1710. The van der Waals surface area contributed by atoms with Crippen LogP contribution >= 0.6 is 0 Å². The highest BCUT2D eigenvalue weighted by atomic mass is 15.5. The molecule has 1 aromatic heterocycles. The highest BCUT2D eigenvalue weighted by Crippen LogP contribution is 2.62. The van der Waals surface area contributed by atoms with Crippen molar-refractivity contribution in [3.05, 3.63) is 65.4 Å². The molecule has 6 heteroatoms. The molecule has 2 aromatic carbocycles. The van der Waals surface area contributed by atoms with Gasteiger partial charge < -0.3 is 4.90 Å². The molecule has 47 heavy (non-hydrogen) atoms. The second-order valence-corrected chi connectivity index (χ2v) is 18.5. The number of hydrazone groups is 1. The maximum atomic E-state index is 4.65. The van der Waals surface area contributed by atoms with Crippen LogP contribution in [0.1, 0.15) is 108 Å². The molecule has 0 radical (unpaired) electrons. The van der Waals surface area contributed by atoms with Crippen molar-refractivity contribution >= 4 is 11.4 Å². The van der Waals surface area contributed by atoms with Gasteiger partial charge in [-0.2, -0.15) is 5.10 Å². The van der Waals surface area contributed by atoms with Crippen LogP contribution in [0.4, 0.5) is 5.69 Å². The molecular weight excluding hydrogens is 576 g/mol. The van der Waals surface area contributed by atoms with Crippen LogP contribution in [-0.2, 0) is 12.1 Å². The summed E-state index contributed by atoms with van der Waals surface area (Å²) in [6.07, 6.45) is 2.78. The van der Waals surface area contributed by atoms with E-state index in [0.29, 0.717) is 11.3 Å². The minimum atomic E-state index is -0.158. The average molecular weight is 635 g/mol. The molecule has 3 heterocycles. The van der Waals surface area contributed by atoms with Crippen molar-refractivity contribution in [3.8, 4) is 22.5 Å². The van der Waals surface area contributed by atoms with Gasteiger partial charge in [0.05, 0.1) is 11.2 Å². The lowest BCUT2D eigenvalue weighted by Crippen LogP contribution is -2.41. The third-order valence-electron chi connectivity index (χ3n) is 10.9. The molecule has 2 aliphatic heterocycles. The van der Waals surface area contributed by atoms with Crippen molar-refractivity contribution in [1.29, 1.82) is 0 Å². The van der Waals surface area contributed by atoms with E-state index in [9.17, 15) is 0 Å². The number of aromatic nitrogens is 3. The Labute approximate surface area is 284 Å². The minimum absolute atomic E-state index is 0.0132. The summed E-state index contributed by atoms with van der Waals surface area (Å²) >= 11 is 0. The van der Waals surface area contributed by atoms with Crippen LogP contribution in [0, 0.1) is 34.5 Å². The SMILES string of the molecule is CC(C)(C)N1Cc2ccccc2-c2nnn(C(C)(C)C)c2-c2ccccc21.CC1=NNC(C(C)(C)C)=C2C3CC(CC3C(C)(C)C)C12. The van der Waals surface area contributed by atoms with Gasteiger partial charge in [-0.1, -0.05) is 89.2 Å². The number of nitrogens with one attached hydrogen (secondary N) is 1. The summed E-state index contributed by atoms with van der Waals surface area (Å²) in [4.78, 5) is 2.49. The number of nitrogens with zero attached hydrogens (tertiary/aromatic N) is 5. The molecule has 2 aliphatic carbocycles. The number of allylic oxidation sites excluding steroid dienone is 2. The quantitative estimate of drug-likeness (QED) is 0.267. The van der Waals surface area contributed by atoms with Crippen molar-refractivity contribution < 1.29 is 0 Å². The molecule has 3 aromatic rings. The molecule has 0 amide bonds. The summed E-state index contributed by atoms with van der Waals surface area (Å²) < 4.78 is 2.07. The predicted octanol–water partition coefficient (Wildman–Crippen LogP) is 10.1. The van der Waals surface area contributed by atoms with Gasteiger partial charge in [0, 0.05) is 51.6 Å². The topological polar surface area (TPSA) is 58.3 Å². The Morgan fingerprint density at radius 3 is 2.02 bits per heavy atom. The van der Waals surface area contributed by atoms with Gasteiger partial charge in [-0.05, 0) is 102 Å². The minimum Gasteiger partial charge on any atom is -0.362 e. The second kappa shape index (κ2) is 11.3. The fraction of sp³-hybridized carbons (Fsp3) is 0.585. The van der Waals surface area contributed by atoms with Crippen LogP contribution in [0.2, 0.25) is 0 Å². The zero-order valence-corrected chi connectivity index (χ0v) is 31.3. The van der Waals surface area contributed by atoms with E-state index in [4.69, 9.17) is 0 Å². The van der Waals surface area contributed by atoms with E-state index in [1.165, 1.54) is 46.6 Å². The lowest BCUT2D eigenvalue weighted by molar-refractivity contribution is 0.177. The highest BCUT2D eigenvalue weighted by Gasteiger charge is 2.55. The van der Waals surface area contributed by atoms with Gasteiger partial charge in [-0.3, -0.25) is 5.43 Å². The Hall–Kier alpha value is -3.41. The number of fused-ring (bicyclic) bond motifs is 10. The van der Waals surface area contributed by atoms with E-state index in [1.54, 1.807) is 5.57 Å². The highest BCUT2D eigenvalue weighted by molar-refractivity contribution is 5.89. The van der Waals surface area contributed by atoms with Crippen molar-refractivity contribution in [3.63, 3.8) is 0 Å². The second-order valence-electron chi connectivity index (χ2n) is 18.5. The Balaban J connectivity index is 0.000000172. The molecule has 2 fully saturated rings. The molecule has 0 saturated heterocycles. The molecule has 1 N–H and O–H groups in total. The summed E-state index contributed by atoms with van der Waals surface area (Å²) in [6.45, 7) is 30.6. The van der Waals surface area contributed by atoms with Crippen LogP contribution < -0.4 is 10.3 Å².